The number of aryl methyl sites for hydroxylation is 2. The summed E-state index contributed by atoms with van der Waals surface area (Å²) < 4.78 is 0. The zero-order valence-corrected chi connectivity index (χ0v) is 19.4. The lowest BCUT2D eigenvalue weighted by Crippen LogP contribution is -2.29. The zero-order valence-electron chi connectivity index (χ0n) is 18.6. The van der Waals surface area contributed by atoms with Gasteiger partial charge >= 0.3 is 0 Å². The largest absolute Gasteiger partial charge is 0.325 e. The third-order valence-electron chi connectivity index (χ3n) is 6.71. The molecule has 1 aromatic carbocycles. The molecule has 5 heteroatoms. The first-order valence-electron chi connectivity index (χ1n) is 10.7. The molecule has 1 N–H and O–H groups in total. The van der Waals surface area contributed by atoms with E-state index in [0.29, 0.717) is 21.9 Å². The Bertz CT molecular complexity index is 991. The van der Waals surface area contributed by atoms with Crippen molar-refractivity contribution in [2.45, 2.75) is 65.3 Å². The Kier molecular flexibility index (Phi) is 6.88. The Hall–Kier alpha value is -2.32. The van der Waals surface area contributed by atoms with Crippen molar-refractivity contribution in [3.05, 3.63) is 52.2 Å². The van der Waals surface area contributed by atoms with Crippen LogP contribution in [0.1, 0.15) is 61.6 Å². The van der Waals surface area contributed by atoms with Crippen molar-refractivity contribution in [2.24, 2.45) is 11.3 Å². The van der Waals surface area contributed by atoms with Gasteiger partial charge in [-0.25, -0.2) is 4.98 Å². The molecule has 1 aliphatic rings. The summed E-state index contributed by atoms with van der Waals surface area (Å²) in [5.74, 6) is 0.770. The summed E-state index contributed by atoms with van der Waals surface area (Å²) in [5, 5.41) is 13.3. The average molecular weight is 422 g/mol. The second-order valence-corrected chi connectivity index (χ2v) is 9.89. The number of pyridine rings is 1. The Morgan fingerprint density at radius 3 is 2.83 bits per heavy atom. The Morgan fingerprint density at radius 2 is 2.13 bits per heavy atom. The number of anilines is 1. The zero-order chi connectivity index (χ0) is 21.9. The van der Waals surface area contributed by atoms with Crippen molar-refractivity contribution in [3.63, 3.8) is 0 Å². The molecule has 0 aliphatic heterocycles. The van der Waals surface area contributed by atoms with Crippen molar-refractivity contribution in [1.29, 1.82) is 5.26 Å². The van der Waals surface area contributed by atoms with Crippen LogP contribution in [-0.2, 0) is 17.6 Å². The summed E-state index contributed by atoms with van der Waals surface area (Å²) in [7, 11) is 0. The van der Waals surface area contributed by atoms with E-state index < -0.39 is 0 Å². The van der Waals surface area contributed by atoms with Gasteiger partial charge < -0.3 is 5.32 Å². The van der Waals surface area contributed by atoms with E-state index in [-0.39, 0.29) is 11.7 Å². The Labute approximate surface area is 184 Å². The Balaban J connectivity index is 1.71. The average Bonchev–Trinajstić information content (AvgIpc) is 2.74. The number of hydrogen-bond donors (Lipinski definition) is 1. The first-order valence-corrected chi connectivity index (χ1v) is 11.7. The molecule has 30 heavy (non-hydrogen) atoms. The van der Waals surface area contributed by atoms with Gasteiger partial charge in [0.15, 0.2) is 0 Å². The number of rotatable bonds is 6. The van der Waals surface area contributed by atoms with Gasteiger partial charge in [-0.2, -0.15) is 5.26 Å². The molecule has 4 nitrogen and oxygen atoms in total. The molecule has 0 spiro atoms. The molecule has 0 saturated carbocycles. The van der Waals surface area contributed by atoms with Gasteiger partial charge in [0.25, 0.3) is 0 Å². The number of carbonyl (C=O) groups excluding carboxylic acids is 1. The van der Waals surface area contributed by atoms with Crippen molar-refractivity contribution in [2.75, 3.05) is 11.1 Å². The van der Waals surface area contributed by atoms with Crippen LogP contribution in [0.15, 0.2) is 29.3 Å². The van der Waals surface area contributed by atoms with Gasteiger partial charge in [0, 0.05) is 11.4 Å². The lowest BCUT2D eigenvalue weighted by Gasteiger charge is -2.37. The molecule has 0 saturated heterocycles. The van der Waals surface area contributed by atoms with Gasteiger partial charge in [-0.15, -0.1) is 0 Å². The van der Waals surface area contributed by atoms with E-state index in [1.807, 2.05) is 38.1 Å². The SMILES string of the molecule is CCC(C)(C)C1CCc2nc(SCC(=O)Nc3cccc(C)c3C)c(C#N)cc2C1. The van der Waals surface area contributed by atoms with Gasteiger partial charge in [-0.05, 0) is 73.3 Å². The molecule has 3 rings (SSSR count). The third kappa shape index (κ3) is 4.87. The van der Waals surface area contributed by atoms with Crippen LogP contribution >= 0.6 is 11.8 Å². The van der Waals surface area contributed by atoms with Crippen molar-refractivity contribution in [1.82, 2.24) is 4.98 Å². The van der Waals surface area contributed by atoms with E-state index in [2.05, 4.69) is 32.2 Å². The second kappa shape index (κ2) is 9.22. The fourth-order valence-electron chi connectivity index (χ4n) is 4.00. The van der Waals surface area contributed by atoms with Crippen LogP contribution in [0, 0.1) is 36.5 Å². The van der Waals surface area contributed by atoms with Crippen molar-refractivity contribution < 1.29 is 4.79 Å². The van der Waals surface area contributed by atoms with Crippen molar-refractivity contribution in [3.8, 4) is 6.07 Å². The van der Waals surface area contributed by atoms with Gasteiger partial charge in [0.05, 0.1) is 11.3 Å². The molecule has 0 bridgehead atoms. The van der Waals surface area contributed by atoms with Gasteiger partial charge in [-0.3, -0.25) is 4.79 Å². The van der Waals surface area contributed by atoms with Crippen LogP contribution in [0.5, 0.6) is 0 Å². The molecule has 2 aromatic rings. The van der Waals surface area contributed by atoms with E-state index in [1.165, 1.54) is 17.3 Å². The summed E-state index contributed by atoms with van der Waals surface area (Å²) in [6.07, 6.45) is 4.20. The van der Waals surface area contributed by atoms with Gasteiger partial charge in [0.1, 0.15) is 11.1 Å². The molecule has 1 aromatic heterocycles. The summed E-state index contributed by atoms with van der Waals surface area (Å²) in [6, 6.07) is 10.2. The highest BCUT2D eigenvalue weighted by atomic mass is 32.2. The molecule has 0 fully saturated rings. The van der Waals surface area contributed by atoms with Crippen molar-refractivity contribution >= 4 is 23.4 Å². The molecule has 1 atom stereocenters. The number of thioether (sulfide) groups is 1. The predicted octanol–water partition coefficient (Wildman–Crippen LogP) is 5.84. The number of nitrogens with zero attached hydrogens (tertiary/aromatic N) is 2. The first-order chi connectivity index (χ1) is 14.2. The number of nitrogens with one attached hydrogen (secondary N) is 1. The van der Waals surface area contributed by atoms with Gasteiger partial charge in [-0.1, -0.05) is 51.1 Å². The van der Waals surface area contributed by atoms with Gasteiger partial charge in [0.2, 0.25) is 5.91 Å². The minimum atomic E-state index is -0.0816. The minimum absolute atomic E-state index is 0.0816. The molecular formula is C25H31N3OS. The lowest BCUT2D eigenvalue weighted by molar-refractivity contribution is -0.113. The molecular weight excluding hydrogens is 390 g/mol. The van der Waals surface area contributed by atoms with E-state index >= 15 is 0 Å². The maximum absolute atomic E-state index is 12.5. The number of aromatic nitrogens is 1. The van der Waals surface area contributed by atoms with E-state index in [9.17, 15) is 10.1 Å². The molecule has 1 heterocycles. The van der Waals surface area contributed by atoms with Crippen LogP contribution in [0.2, 0.25) is 0 Å². The maximum Gasteiger partial charge on any atom is 0.234 e. The summed E-state index contributed by atoms with van der Waals surface area (Å²) in [5.41, 5.74) is 6.22. The van der Waals surface area contributed by atoms with Crippen LogP contribution in [0.4, 0.5) is 5.69 Å². The highest BCUT2D eigenvalue weighted by molar-refractivity contribution is 8.00. The number of carbonyl (C=O) groups is 1. The Morgan fingerprint density at radius 1 is 1.37 bits per heavy atom. The quantitative estimate of drug-likeness (QED) is 0.595. The fraction of sp³-hybridized carbons (Fsp3) is 0.480. The third-order valence-corrected chi connectivity index (χ3v) is 7.70. The monoisotopic (exact) mass is 421 g/mol. The smallest absolute Gasteiger partial charge is 0.234 e. The van der Waals surface area contributed by atoms with Crippen LogP contribution in [0.3, 0.4) is 0 Å². The number of benzene rings is 1. The van der Waals surface area contributed by atoms with E-state index in [0.717, 1.165) is 48.2 Å². The molecule has 158 valence electrons. The highest BCUT2D eigenvalue weighted by Gasteiger charge is 2.32. The summed E-state index contributed by atoms with van der Waals surface area (Å²) in [4.78, 5) is 17.3. The number of nitriles is 1. The normalized spacial score (nSPS) is 15.9. The van der Waals surface area contributed by atoms with E-state index in [1.54, 1.807) is 0 Å². The fourth-order valence-corrected chi connectivity index (χ4v) is 4.77. The molecule has 1 amide bonds. The predicted molar refractivity (Wildman–Crippen MR) is 124 cm³/mol. The molecule has 0 radical (unpaired) electrons. The van der Waals surface area contributed by atoms with Crippen LogP contribution in [0.25, 0.3) is 0 Å². The molecule has 1 aliphatic carbocycles. The maximum atomic E-state index is 12.5. The van der Waals surface area contributed by atoms with Crippen LogP contribution < -0.4 is 5.32 Å². The summed E-state index contributed by atoms with van der Waals surface area (Å²) in [6.45, 7) is 10.9. The number of fused-ring (bicyclic) bond motifs is 1. The summed E-state index contributed by atoms with van der Waals surface area (Å²) >= 11 is 1.35. The molecule has 1 unspecified atom stereocenters. The standard InChI is InChI=1S/C25H31N3OS/c1-6-25(4,5)20-10-11-22-18(13-20)12-19(14-26)24(28-22)30-15-23(29)27-21-9-7-8-16(2)17(21)3/h7-9,12,20H,6,10-11,13,15H2,1-5H3,(H,27,29). The minimum Gasteiger partial charge on any atom is -0.325 e. The van der Waals surface area contributed by atoms with E-state index in [4.69, 9.17) is 4.98 Å². The second-order valence-electron chi connectivity index (χ2n) is 8.92. The number of amides is 1. The lowest BCUT2D eigenvalue weighted by atomic mass is 9.69. The number of hydrogen-bond acceptors (Lipinski definition) is 4. The first kappa shape index (κ1) is 22.4. The topological polar surface area (TPSA) is 65.8 Å². The van der Waals surface area contributed by atoms with Crippen LogP contribution in [-0.4, -0.2) is 16.6 Å². The highest BCUT2D eigenvalue weighted by Crippen LogP contribution is 2.40.